The van der Waals surface area contributed by atoms with Crippen LogP contribution >= 0.6 is 0 Å². The molecule has 0 radical (unpaired) electrons. The van der Waals surface area contributed by atoms with Crippen molar-refractivity contribution in [2.45, 2.75) is 25.7 Å². The SMILES string of the molecule is COc1c(NN)ncnc1Nc1cccc2c1CCCC2. The summed E-state index contributed by atoms with van der Waals surface area (Å²) >= 11 is 0. The van der Waals surface area contributed by atoms with Gasteiger partial charge in [0.05, 0.1) is 7.11 Å². The van der Waals surface area contributed by atoms with Crippen LogP contribution in [0.4, 0.5) is 17.3 Å². The van der Waals surface area contributed by atoms with Crippen molar-refractivity contribution < 1.29 is 4.74 Å². The van der Waals surface area contributed by atoms with E-state index in [0.717, 1.165) is 18.5 Å². The van der Waals surface area contributed by atoms with Crippen LogP contribution in [0.3, 0.4) is 0 Å². The fourth-order valence-corrected chi connectivity index (χ4v) is 2.78. The van der Waals surface area contributed by atoms with Crippen LogP contribution in [0.5, 0.6) is 5.75 Å². The number of hydrazine groups is 1. The molecule has 1 aliphatic carbocycles. The van der Waals surface area contributed by atoms with E-state index in [2.05, 4.69) is 38.9 Å². The number of nitrogen functional groups attached to an aromatic ring is 1. The van der Waals surface area contributed by atoms with Gasteiger partial charge in [0.1, 0.15) is 6.33 Å². The fourth-order valence-electron chi connectivity index (χ4n) is 2.78. The summed E-state index contributed by atoms with van der Waals surface area (Å²) in [6.07, 6.45) is 6.17. The lowest BCUT2D eigenvalue weighted by Gasteiger charge is -2.20. The van der Waals surface area contributed by atoms with Crippen LogP contribution in [-0.4, -0.2) is 17.1 Å². The first-order valence-electron chi connectivity index (χ1n) is 7.07. The minimum absolute atomic E-state index is 0.458. The van der Waals surface area contributed by atoms with Gasteiger partial charge < -0.3 is 15.5 Å². The third-order valence-electron chi connectivity index (χ3n) is 3.79. The summed E-state index contributed by atoms with van der Waals surface area (Å²) in [6.45, 7) is 0. The van der Waals surface area contributed by atoms with Gasteiger partial charge in [-0.2, -0.15) is 0 Å². The molecule has 1 aliphatic rings. The van der Waals surface area contributed by atoms with E-state index in [0.29, 0.717) is 17.4 Å². The summed E-state index contributed by atoms with van der Waals surface area (Å²) in [5, 5.41) is 3.35. The highest BCUT2D eigenvalue weighted by Crippen LogP contribution is 2.34. The molecule has 0 saturated carbocycles. The highest BCUT2D eigenvalue weighted by atomic mass is 16.5. The quantitative estimate of drug-likeness (QED) is 0.591. The predicted octanol–water partition coefficient (Wildman–Crippen LogP) is 2.39. The Bertz CT molecular complexity index is 606. The summed E-state index contributed by atoms with van der Waals surface area (Å²) < 4.78 is 5.35. The molecule has 0 unspecified atom stereocenters. The van der Waals surface area contributed by atoms with Crippen molar-refractivity contribution in [3.63, 3.8) is 0 Å². The third kappa shape index (κ3) is 2.62. The van der Waals surface area contributed by atoms with Crippen molar-refractivity contribution in [3.8, 4) is 5.75 Å². The number of hydrogen-bond acceptors (Lipinski definition) is 6. The second-order valence-electron chi connectivity index (χ2n) is 5.02. The van der Waals surface area contributed by atoms with E-state index in [4.69, 9.17) is 10.6 Å². The van der Waals surface area contributed by atoms with Gasteiger partial charge in [-0.1, -0.05) is 12.1 Å². The largest absolute Gasteiger partial charge is 0.490 e. The zero-order valence-corrected chi connectivity index (χ0v) is 12.0. The molecule has 0 atom stereocenters. The van der Waals surface area contributed by atoms with Crippen LogP contribution < -0.4 is 21.3 Å². The topological polar surface area (TPSA) is 85.1 Å². The second-order valence-corrected chi connectivity index (χ2v) is 5.02. The van der Waals surface area contributed by atoms with E-state index >= 15 is 0 Å². The van der Waals surface area contributed by atoms with Gasteiger partial charge in [-0.25, -0.2) is 15.8 Å². The first kappa shape index (κ1) is 13.6. The monoisotopic (exact) mass is 285 g/mol. The molecule has 3 rings (SSSR count). The van der Waals surface area contributed by atoms with Gasteiger partial charge in [0.2, 0.25) is 5.75 Å². The fraction of sp³-hybridized carbons (Fsp3) is 0.333. The van der Waals surface area contributed by atoms with Gasteiger partial charge in [0, 0.05) is 5.69 Å². The number of nitrogens with zero attached hydrogens (tertiary/aromatic N) is 2. The van der Waals surface area contributed by atoms with Crippen LogP contribution in [0.1, 0.15) is 24.0 Å². The van der Waals surface area contributed by atoms with E-state index in [1.54, 1.807) is 7.11 Å². The summed E-state index contributed by atoms with van der Waals surface area (Å²) in [7, 11) is 1.57. The van der Waals surface area contributed by atoms with Crippen molar-refractivity contribution in [1.29, 1.82) is 0 Å². The summed E-state index contributed by atoms with van der Waals surface area (Å²) in [4.78, 5) is 8.31. The molecular weight excluding hydrogens is 266 g/mol. The maximum absolute atomic E-state index is 5.45. The number of fused-ring (bicyclic) bond motifs is 1. The van der Waals surface area contributed by atoms with Gasteiger partial charge in [0.25, 0.3) is 0 Å². The second kappa shape index (κ2) is 5.97. The molecule has 2 aromatic rings. The van der Waals surface area contributed by atoms with Crippen molar-refractivity contribution in [2.24, 2.45) is 5.84 Å². The average Bonchev–Trinajstić information content (AvgIpc) is 2.55. The van der Waals surface area contributed by atoms with Crippen LogP contribution in [0.15, 0.2) is 24.5 Å². The average molecular weight is 285 g/mol. The smallest absolute Gasteiger partial charge is 0.205 e. The molecular formula is C15H19N5O. The number of aromatic nitrogens is 2. The van der Waals surface area contributed by atoms with E-state index in [1.807, 2.05) is 0 Å². The molecule has 6 nitrogen and oxygen atoms in total. The zero-order chi connectivity index (χ0) is 14.7. The number of nitrogens with one attached hydrogen (secondary N) is 2. The Balaban J connectivity index is 1.98. The van der Waals surface area contributed by atoms with E-state index in [1.165, 1.54) is 30.3 Å². The molecule has 1 aromatic heterocycles. The zero-order valence-electron chi connectivity index (χ0n) is 12.0. The Morgan fingerprint density at radius 2 is 1.95 bits per heavy atom. The molecule has 0 bridgehead atoms. The Morgan fingerprint density at radius 1 is 1.14 bits per heavy atom. The van der Waals surface area contributed by atoms with Gasteiger partial charge in [-0.15, -0.1) is 0 Å². The molecule has 6 heteroatoms. The molecule has 1 heterocycles. The number of methoxy groups -OCH3 is 1. The molecule has 110 valence electrons. The number of anilines is 3. The summed E-state index contributed by atoms with van der Waals surface area (Å²) in [6, 6.07) is 6.34. The Labute approximate surface area is 123 Å². The van der Waals surface area contributed by atoms with Crippen LogP contribution in [-0.2, 0) is 12.8 Å². The first-order valence-corrected chi connectivity index (χ1v) is 7.07. The maximum Gasteiger partial charge on any atom is 0.205 e. The van der Waals surface area contributed by atoms with Crippen LogP contribution in [0.25, 0.3) is 0 Å². The van der Waals surface area contributed by atoms with Gasteiger partial charge in [-0.05, 0) is 42.9 Å². The van der Waals surface area contributed by atoms with Crippen molar-refractivity contribution in [3.05, 3.63) is 35.7 Å². The molecule has 0 amide bonds. The highest BCUT2D eigenvalue weighted by Gasteiger charge is 2.16. The summed E-state index contributed by atoms with van der Waals surface area (Å²) in [5.41, 5.74) is 6.38. The Kier molecular flexibility index (Phi) is 3.87. The van der Waals surface area contributed by atoms with Crippen molar-refractivity contribution in [2.75, 3.05) is 17.9 Å². The molecule has 0 spiro atoms. The molecule has 1 aromatic carbocycles. The lowest BCUT2D eigenvalue weighted by molar-refractivity contribution is 0.415. The van der Waals surface area contributed by atoms with Crippen LogP contribution in [0, 0.1) is 0 Å². The number of rotatable bonds is 4. The molecule has 4 N–H and O–H groups in total. The minimum Gasteiger partial charge on any atom is -0.490 e. The number of benzene rings is 1. The van der Waals surface area contributed by atoms with Crippen molar-refractivity contribution in [1.82, 2.24) is 9.97 Å². The summed E-state index contributed by atoms with van der Waals surface area (Å²) in [5.74, 6) is 7.03. The molecule has 0 aliphatic heterocycles. The minimum atomic E-state index is 0.458. The van der Waals surface area contributed by atoms with Crippen LogP contribution in [0.2, 0.25) is 0 Å². The molecule has 0 fully saturated rings. The third-order valence-corrected chi connectivity index (χ3v) is 3.79. The van der Waals surface area contributed by atoms with Gasteiger partial charge in [-0.3, -0.25) is 0 Å². The number of ether oxygens (including phenoxy) is 1. The number of hydrogen-bond donors (Lipinski definition) is 3. The van der Waals surface area contributed by atoms with E-state index < -0.39 is 0 Å². The Hall–Kier alpha value is -2.34. The maximum atomic E-state index is 5.45. The standard InChI is InChI=1S/C15H19N5O/c1-21-13-14(17-9-18-15(13)20-16)19-12-8-4-6-10-5-2-3-7-11(10)12/h4,6,8-9H,2-3,5,7,16H2,1H3,(H2,17,18,19,20). The van der Waals surface area contributed by atoms with E-state index in [-0.39, 0.29) is 0 Å². The number of nitrogens with two attached hydrogens (primary N) is 1. The van der Waals surface area contributed by atoms with Gasteiger partial charge in [0.15, 0.2) is 11.6 Å². The molecule has 21 heavy (non-hydrogen) atoms. The van der Waals surface area contributed by atoms with E-state index in [9.17, 15) is 0 Å². The predicted molar refractivity (Wildman–Crippen MR) is 82.8 cm³/mol. The lowest BCUT2D eigenvalue weighted by atomic mass is 9.90. The lowest BCUT2D eigenvalue weighted by Crippen LogP contribution is -2.12. The molecule has 0 saturated heterocycles. The van der Waals surface area contributed by atoms with Crippen molar-refractivity contribution >= 4 is 17.3 Å². The normalized spacial score (nSPS) is 13.4. The number of aryl methyl sites for hydroxylation is 1. The Morgan fingerprint density at radius 3 is 2.76 bits per heavy atom. The van der Waals surface area contributed by atoms with Gasteiger partial charge >= 0.3 is 0 Å². The first-order chi connectivity index (χ1) is 10.3. The highest BCUT2D eigenvalue weighted by molar-refractivity contribution is 5.71.